The molecular weight excluding hydrogens is 419 g/mol. The third-order valence-corrected chi connectivity index (χ3v) is 5.88. The van der Waals surface area contributed by atoms with Crippen molar-refractivity contribution in [1.29, 1.82) is 0 Å². The van der Waals surface area contributed by atoms with Crippen LogP contribution in [0.3, 0.4) is 0 Å². The normalized spacial score (nSPS) is 16.6. The van der Waals surface area contributed by atoms with Crippen molar-refractivity contribution in [2.75, 3.05) is 30.9 Å². The van der Waals surface area contributed by atoms with E-state index in [1.165, 1.54) is 6.07 Å². The Morgan fingerprint density at radius 3 is 2.66 bits per heavy atom. The van der Waals surface area contributed by atoms with Crippen LogP contribution in [0.15, 0.2) is 42.5 Å². The first-order valence-corrected chi connectivity index (χ1v) is 10.6. The van der Waals surface area contributed by atoms with Crippen molar-refractivity contribution in [2.24, 2.45) is 0 Å². The minimum Gasteiger partial charge on any atom is -0.378 e. The number of imidazole rings is 1. The fourth-order valence-electron chi connectivity index (χ4n) is 4.30. The van der Waals surface area contributed by atoms with Crippen molar-refractivity contribution in [1.82, 2.24) is 14.5 Å². The average molecular weight is 445 g/mol. The number of carbonyl (C=O) groups excluding carboxylic acids is 1. The van der Waals surface area contributed by atoms with Crippen LogP contribution in [0.2, 0.25) is 0 Å². The van der Waals surface area contributed by atoms with Crippen LogP contribution in [0.4, 0.5) is 29.3 Å². The van der Waals surface area contributed by atoms with Gasteiger partial charge in [0, 0.05) is 32.9 Å². The molecule has 2 aromatic carbocycles. The third-order valence-electron chi connectivity index (χ3n) is 5.88. The number of nitrogens with one attached hydrogen (secondary N) is 1. The fraction of sp³-hybridized carbons (Fsp3) is 0.391. The largest absolute Gasteiger partial charge is 0.418 e. The van der Waals surface area contributed by atoms with Gasteiger partial charge in [-0.1, -0.05) is 12.1 Å². The molecule has 1 aromatic heterocycles. The summed E-state index contributed by atoms with van der Waals surface area (Å²) in [4.78, 5) is 21.0. The molecule has 0 spiro atoms. The third kappa shape index (κ3) is 3.99. The van der Waals surface area contributed by atoms with Gasteiger partial charge < -0.3 is 19.7 Å². The van der Waals surface area contributed by atoms with Crippen LogP contribution in [0.25, 0.3) is 11.0 Å². The highest BCUT2D eigenvalue weighted by molar-refractivity contribution is 5.91. The number of hydrogen-bond acceptors (Lipinski definition) is 3. The van der Waals surface area contributed by atoms with E-state index < -0.39 is 17.8 Å². The smallest absolute Gasteiger partial charge is 0.378 e. The number of anilines is 2. The van der Waals surface area contributed by atoms with E-state index >= 15 is 0 Å². The van der Waals surface area contributed by atoms with Crippen molar-refractivity contribution in [2.45, 2.75) is 38.5 Å². The Balaban J connectivity index is 1.65. The second kappa shape index (κ2) is 8.37. The topological polar surface area (TPSA) is 53.4 Å². The van der Waals surface area contributed by atoms with Crippen molar-refractivity contribution in [3.8, 4) is 0 Å². The van der Waals surface area contributed by atoms with Gasteiger partial charge in [0.15, 0.2) is 0 Å². The number of alkyl halides is 3. The van der Waals surface area contributed by atoms with Crippen LogP contribution in [0.5, 0.6) is 0 Å². The molecule has 0 radical (unpaired) electrons. The van der Waals surface area contributed by atoms with Crippen LogP contribution in [-0.4, -0.2) is 41.1 Å². The van der Waals surface area contributed by atoms with E-state index in [9.17, 15) is 18.0 Å². The molecule has 1 aliphatic rings. The molecule has 0 aliphatic carbocycles. The summed E-state index contributed by atoms with van der Waals surface area (Å²) in [5.41, 5.74) is 1.12. The van der Waals surface area contributed by atoms with E-state index in [-0.39, 0.29) is 11.7 Å². The lowest BCUT2D eigenvalue weighted by Gasteiger charge is -2.26. The van der Waals surface area contributed by atoms with Gasteiger partial charge in [0.2, 0.25) is 0 Å². The highest BCUT2D eigenvalue weighted by Gasteiger charge is 2.37. The zero-order valence-electron chi connectivity index (χ0n) is 18.3. The molecule has 0 bridgehead atoms. The number of aryl methyl sites for hydroxylation is 1. The Kier molecular flexibility index (Phi) is 5.75. The zero-order valence-corrected chi connectivity index (χ0v) is 18.3. The SMILES string of the molecule is CCn1c(C2CCCN2C(=O)Nc2ccc(N(C)C)cc2C(F)(F)F)nc2ccccc21. The summed E-state index contributed by atoms with van der Waals surface area (Å²) in [5, 5.41) is 2.51. The van der Waals surface area contributed by atoms with Crippen molar-refractivity contribution in [3.63, 3.8) is 0 Å². The molecule has 6 nitrogen and oxygen atoms in total. The van der Waals surface area contributed by atoms with E-state index in [4.69, 9.17) is 4.98 Å². The average Bonchev–Trinajstić information content (AvgIpc) is 3.37. The molecule has 32 heavy (non-hydrogen) atoms. The number of carbonyl (C=O) groups is 1. The Hall–Kier alpha value is -3.23. The van der Waals surface area contributed by atoms with E-state index in [1.807, 2.05) is 31.2 Å². The molecule has 9 heteroatoms. The zero-order chi connectivity index (χ0) is 23.0. The van der Waals surface area contributed by atoms with Crippen molar-refractivity contribution in [3.05, 3.63) is 53.9 Å². The number of amides is 2. The van der Waals surface area contributed by atoms with Gasteiger partial charge in [-0.15, -0.1) is 0 Å². The Labute approximate surface area is 184 Å². The summed E-state index contributed by atoms with van der Waals surface area (Å²) in [6.45, 7) is 3.16. The summed E-state index contributed by atoms with van der Waals surface area (Å²) < 4.78 is 43.1. The Morgan fingerprint density at radius 1 is 1.22 bits per heavy atom. The van der Waals surface area contributed by atoms with Crippen LogP contribution in [-0.2, 0) is 12.7 Å². The molecule has 3 aromatic rings. The molecule has 0 saturated carbocycles. The first-order chi connectivity index (χ1) is 15.2. The number of para-hydroxylation sites is 2. The number of rotatable bonds is 4. The van der Waals surface area contributed by atoms with Crippen molar-refractivity contribution < 1.29 is 18.0 Å². The van der Waals surface area contributed by atoms with Crippen molar-refractivity contribution >= 4 is 28.4 Å². The van der Waals surface area contributed by atoms with Gasteiger partial charge in [-0.05, 0) is 50.1 Å². The van der Waals surface area contributed by atoms with Crippen LogP contribution in [0, 0.1) is 0 Å². The second-order valence-corrected chi connectivity index (χ2v) is 8.11. The number of likely N-dealkylation sites (tertiary alicyclic amines) is 1. The lowest BCUT2D eigenvalue weighted by Crippen LogP contribution is -2.36. The monoisotopic (exact) mass is 445 g/mol. The highest BCUT2D eigenvalue weighted by Crippen LogP contribution is 2.38. The van der Waals surface area contributed by atoms with Gasteiger partial charge in [0.05, 0.1) is 28.3 Å². The summed E-state index contributed by atoms with van der Waals surface area (Å²) in [6, 6.07) is 10.8. The summed E-state index contributed by atoms with van der Waals surface area (Å²) in [6.07, 6.45) is -3.12. The number of benzene rings is 2. The molecule has 4 rings (SSSR count). The maximum atomic E-state index is 13.7. The first-order valence-electron chi connectivity index (χ1n) is 10.6. The van der Waals surface area contributed by atoms with Crippen LogP contribution in [0.1, 0.15) is 37.2 Å². The molecular formula is C23H26F3N5O. The fourth-order valence-corrected chi connectivity index (χ4v) is 4.30. The summed E-state index contributed by atoms with van der Waals surface area (Å²) >= 11 is 0. The number of hydrogen-bond donors (Lipinski definition) is 1. The van der Waals surface area contributed by atoms with Gasteiger partial charge in [-0.3, -0.25) is 0 Å². The molecule has 1 saturated heterocycles. The van der Waals surface area contributed by atoms with E-state index in [0.717, 1.165) is 29.3 Å². The maximum absolute atomic E-state index is 13.7. The van der Waals surface area contributed by atoms with Gasteiger partial charge in [-0.25, -0.2) is 9.78 Å². The van der Waals surface area contributed by atoms with E-state index in [0.29, 0.717) is 25.2 Å². The lowest BCUT2D eigenvalue weighted by molar-refractivity contribution is -0.136. The molecule has 170 valence electrons. The molecule has 2 heterocycles. The number of halogens is 3. The number of fused-ring (bicyclic) bond motifs is 1. The minimum absolute atomic E-state index is 0.247. The van der Waals surface area contributed by atoms with Gasteiger partial charge in [0.1, 0.15) is 5.82 Å². The Morgan fingerprint density at radius 2 is 1.97 bits per heavy atom. The standard InChI is InChI=1S/C23H26F3N5O/c1-4-30-19-9-6-5-8-18(19)27-21(30)20-10-7-13-31(20)22(32)28-17-12-11-15(29(2)3)14-16(17)23(24,25)26/h5-6,8-9,11-12,14,20H,4,7,10,13H2,1-3H3,(H,28,32). The first kappa shape index (κ1) is 22.0. The van der Waals surface area contributed by atoms with Crippen LogP contribution < -0.4 is 10.2 Å². The summed E-state index contributed by atoms with van der Waals surface area (Å²) in [5.74, 6) is 0.764. The van der Waals surface area contributed by atoms with E-state index in [1.54, 1.807) is 30.0 Å². The second-order valence-electron chi connectivity index (χ2n) is 8.11. The van der Waals surface area contributed by atoms with E-state index in [2.05, 4.69) is 9.88 Å². The minimum atomic E-state index is -4.59. The molecule has 2 amide bonds. The maximum Gasteiger partial charge on any atom is 0.418 e. The molecule has 1 fully saturated rings. The molecule has 1 atom stereocenters. The quantitative estimate of drug-likeness (QED) is 0.576. The molecule has 1 N–H and O–H groups in total. The number of urea groups is 1. The predicted molar refractivity (Wildman–Crippen MR) is 119 cm³/mol. The Bertz CT molecular complexity index is 1140. The molecule has 1 unspecified atom stereocenters. The van der Waals surface area contributed by atoms with Gasteiger partial charge >= 0.3 is 12.2 Å². The van der Waals surface area contributed by atoms with Gasteiger partial charge in [0.25, 0.3) is 0 Å². The van der Waals surface area contributed by atoms with Crippen LogP contribution >= 0.6 is 0 Å². The summed E-state index contributed by atoms with van der Waals surface area (Å²) in [7, 11) is 3.34. The van der Waals surface area contributed by atoms with Gasteiger partial charge in [-0.2, -0.15) is 13.2 Å². The lowest BCUT2D eigenvalue weighted by atomic mass is 10.1. The number of aromatic nitrogens is 2. The number of nitrogens with zero attached hydrogens (tertiary/aromatic N) is 4. The molecule has 1 aliphatic heterocycles. The predicted octanol–water partition coefficient (Wildman–Crippen LogP) is 5.51. The highest BCUT2D eigenvalue weighted by atomic mass is 19.4.